The molecule has 0 aromatic heterocycles. The molecular formula is C25H36ClF3N2O2. The Hall–Kier alpha value is -1.60. The first-order valence-corrected chi connectivity index (χ1v) is 12.5. The van der Waals surface area contributed by atoms with Crippen LogP contribution in [0, 0.1) is 0 Å². The number of halogens is 4. The molecule has 0 unspecified atom stereocenters. The van der Waals surface area contributed by atoms with E-state index >= 15 is 0 Å². The number of hydrogen-bond donors (Lipinski definition) is 1. The molecule has 0 spiro atoms. The zero-order valence-electron chi connectivity index (χ0n) is 19.5. The monoisotopic (exact) mass is 488 g/mol. The number of rotatable bonds is 14. The molecule has 0 bridgehead atoms. The number of unbranched alkanes of at least 4 members (excludes halogenated alkanes) is 11. The minimum Gasteiger partial charge on any atom is -0.362 e. The molecule has 0 fully saturated rings. The first kappa shape index (κ1) is 27.6. The van der Waals surface area contributed by atoms with Gasteiger partial charge in [-0.2, -0.15) is 23.3 Å². The Morgan fingerprint density at radius 1 is 0.970 bits per heavy atom. The van der Waals surface area contributed by atoms with Gasteiger partial charge < -0.3 is 5.11 Å². The first-order valence-electron chi connectivity index (χ1n) is 12.1. The number of alkyl halides is 3. The van der Waals surface area contributed by atoms with Gasteiger partial charge in [-0.3, -0.25) is 4.79 Å². The molecule has 2 rings (SSSR count). The van der Waals surface area contributed by atoms with Crippen molar-refractivity contribution in [2.24, 2.45) is 5.10 Å². The summed E-state index contributed by atoms with van der Waals surface area (Å²) in [5.41, 5.74) is -3.14. The molecule has 4 nitrogen and oxygen atoms in total. The van der Waals surface area contributed by atoms with Crippen LogP contribution in [-0.2, 0) is 0 Å². The second-order valence-electron chi connectivity index (χ2n) is 8.92. The smallest absolute Gasteiger partial charge is 0.362 e. The summed E-state index contributed by atoms with van der Waals surface area (Å²) in [6, 6.07) is 5.46. The molecule has 0 saturated carbocycles. The molecular weight excluding hydrogens is 453 g/mol. The van der Waals surface area contributed by atoms with Crippen molar-refractivity contribution in [3.63, 3.8) is 0 Å². The van der Waals surface area contributed by atoms with Gasteiger partial charge in [0.1, 0.15) is 0 Å². The lowest BCUT2D eigenvalue weighted by atomic mass is 10.0. The lowest BCUT2D eigenvalue weighted by molar-refractivity contribution is -0.297. The van der Waals surface area contributed by atoms with E-state index in [0.717, 1.165) is 19.3 Å². The number of hydrogen-bond acceptors (Lipinski definition) is 3. The third-order valence-corrected chi connectivity index (χ3v) is 6.35. The van der Waals surface area contributed by atoms with E-state index in [9.17, 15) is 23.1 Å². The fourth-order valence-corrected chi connectivity index (χ4v) is 4.20. The van der Waals surface area contributed by atoms with Gasteiger partial charge in [-0.05, 0) is 37.1 Å². The standard InChI is InChI=1S/C25H36ClF3N2O2/c1-2-3-4-5-6-7-8-9-10-11-12-13-14-22-19-24(33,25(27,28)29)31(30-22)23(32)20-15-17-21(26)18-16-20/h15-18,33H,2-14,19H2,1H3/t24-/m1/s1. The number of amides is 1. The molecule has 1 N–H and O–H groups in total. The predicted molar refractivity (Wildman–Crippen MR) is 126 cm³/mol. The normalized spacial score (nSPS) is 18.6. The summed E-state index contributed by atoms with van der Waals surface area (Å²) in [5.74, 6) is -1.00. The lowest BCUT2D eigenvalue weighted by Gasteiger charge is -2.32. The fourth-order valence-electron chi connectivity index (χ4n) is 4.08. The van der Waals surface area contributed by atoms with E-state index in [0.29, 0.717) is 17.9 Å². The molecule has 0 aliphatic carbocycles. The van der Waals surface area contributed by atoms with E-state index in [2.05, 4.69) is 12.0 Å². The number of aliphatic hydroxyl groups is 1. The van der Waals surface area contributed by atoms with Crippen molar-refractivity contribution in [3.8, 4) is 0 Å². The molecule has 1 amide bonds. The average molecular weight is 489 g/mol. The maximum Gasteiger partial charge on any atom is 0.438 e. The summed E-state index contributed by atoms with van der Waals surface area (Å²) >= 11 is 5.79. The van der Waals surface area contributed by atoms with Crippen molar-refractivity contribution in [3.05, 3.63) is 34.9 Å². The third-order valence-electron chi connectivity index (χ3n) is 6.10. The highest BCUT2D eigenvalue weighted by Gasteiger charge is 2.63. The average Bonchev–Trinajstić information content (AvgIpc) is 3.12. The Morgan fingerprint density at radius 2 is 1.45 bits per heavy atom. The van der Waals surface area contributed by atoms with Gasteiger partial charge in [-0.15, -0.1) is 0 Å². The molecule has 1 aliphatic rings. The van der Waals surface area contributed by atoms with Crippen molar-refractivity contribution in [1.82, 2.24) is 5.01 Å². The molecule has 33 heavy (non-hydrogen) atoms. The van der Waals surface area contributed by atoms with Crippen LogP contribution in [0.1, 0.15) is 107 Å². The molecule has 186 valence electrons. The minimum absolute atomic E-state index is 0.0163. The second-order valence-corrected chi connectivity index (χ2v) is 9.36. The van der Waals surface area contributed by atoms with Crippen LogP contribution in [0.15, 0.2) is 29.4 Å². The van der Waals surface area contributed by atoms with E-state index in [1.165, 1.54) is 75.6 Å². The Balaban J connectivity index is 1.78. The first-order chi connectivity index (χ1) is 15.7. The summed E-state index contributed by atoms with van der Waals surface area (Å²) in [6.07, 6.45) is 8.55. The number of carbonyl (C=O) groups is 1. The number of benzene rings is 1. The van der Waals surface area contributed by atoms with Gasteiger partial charge in [0.2, 0.25) is 0 Å². The van der Waals surface area contributed by atoms with Gasteiger partial charge in [0.25, 0.3) is 11.6 Å². The van der Waals surface area contributed by atoms with Crippen LogP contribution in [0.25, 0.3) is 0 Å². The summed E-state index contributed by atoms with van der Waals surface area (Å²) in [5, 5.41) is 14.8. The van der Waals surface area contributed by atoms with Gasteiger partial charge >= 0.3 is 6.18 Å². The molecule has 1 aromatic carbocycles. The minimum atomic E-state index is -5.02. The van der Waals surface area contributed by atoms with Gasteiger partial charge in [0, 0.05) is 22.7 Å². The van der Waals surface area contributed by atoms with Crippen molar-refractivity contribution in [1.29, 1.82) is 0 Å². The van der Waals surface area contributed by atoms with Crippen LogP contribution >= 0.6 is 11.6 Å². The Bertz CT molecular complexity index is 768. The Kier molecular flexibility index (Phi) is 11.2. The van der Waals surface area contributed by atoms with Crippen molar-refractivity contribution in [2.45, 2.75) is 109 Å². The van der Waals surface area contributed by atoms with Gasteiger partial charge in [-0.1, -0.05) is 89.2 Å². The van der Waals surface area contributed by atoms with E-state index in [1.807, 2.05) is 0 Å². The quantitative estimate of drug-likeness (QED) is 0.271. The van der Waals surface area contributed by atoms with Gasteiger partial charge in [0.15, 0.2) is 0 Å². The zero-order valence-corrected chi connectivity index (χ0v) is 20.2. The highest BCUT2D eigenvalue weighted by atomic mass is 35.5. The molecule has 1 aliphatic heterocycles. The SMILES string of the molecule is CCCCCCCCCCCCCCC1=NN(C(=O)c2ccc(Cl)cc2)[C@](O)(C(F)(F)F)C1. The second kappa shape index (κ2) is 13.3. The maximum atomic E-state index is 13.6. The molecule has 8 heteroatoms. The number of hydrazone groups is 1. The topological polar surface area (TPSA) is 52.9 Å². The van der Waals surface area contributed by atoms with Crippen LogP contribution < -0.4 is 0 Å². The van der Waals surface area contributed by atoms with E-state index in [4.69, 9.17) is 11.6 Å². The molecule has 0 saturated heterocycles. The molecule has 1 heterocycles. The third kappa shape index (κ3) is 8.29. The molecule has 0 radical (unpaired) electrons. The summed E-state index contributed by atoms with van der Waals surface area (Å²) in [4.78, 5) is 12.7. The zero-order chi connectivity index (χ0) is 24.3. The van der Waals surface area contributed by atoms with Crippen molar-refractivity contribution < 1.29 is 23.1 Å². The van der Waals surface area contributed by atoms with E-state index in [-0.39, 0.29) is 16.3 Å². The van der Waals surface area contributed by atoms with E-state index < -0.39 is 24.2 Å². The van der Waals surface area contributed by atoms with Crippen LogP contribution in [-0.4, -0.2) is 33.6 Å². The van der Waals surface area contributed by atoms with Crippen molar-refractivity contribution >= 4 is 23.2 Å². The van der Waals surface area contributed by atoms with Crippen LogP contribution in [0.4, 0.5) is 13.2 Å². The maximum absolute atomic E-state index is 13.6. The number of carbonyl (C=O) groups excluding carboxylic acids is 1. The van der Waals surface area contributed by atoms with Crippen LogP contribution in [0.5, 0.6) is 0 Å². The van der Waals surface area contributed by atoms with E-state index in [1.54, 1.807) is 0 Å². The summed E-state index contributed by atoms with van der Waals surface area (Å²) in [6.45, 7) is 2.22. The van der Waals surface area contributed by atoms with Gasteiger partial charge in [-0.25, -0.2) is 0 Å². The number of nitrogens with zero attached hydrogens (tertiary/aromatic N) is 2. The largest absolute Gasteiger partial charge is 0.438 e. The Labute approximate surface area is 200 Å². The fraction of sp³-hybridized carbons (Fsp3) is 0.680. The highest BCUT2D eigenvalue weighted by Crippen LogP contribution is 2.41. The summed E-state index contributed by atoms with van der Waals surface area (Å²) < 4.78 is 40.9. The van der Waals surface area contributed by atoms with Crippen LogP contribution in [0.2, 0.25) is 5.02 Å². The lowest BCUT2D eigenvalue weighted by Crippen LogP contribution is -2.56. The van der Waals surface area contributed by atoms with Crippen LogP contribution in [0.3, 0.4) is 0 Å². The summed E-state index contributed by atoms with van der Waals surface area (Å²) in [7, 11) is 0. The molecule has 1 atom stereocenters. The molecule has 1 aromatic rings. The van der Waals surface area contributed by atoms with Crippen molar-refractivity contribution in [2.75, 3.05) is 0 Å². The highest BCUT2D eigenvalue weighted by molar-refractivity contribution is 6.30. The Morgan fingerprint density at radius 3 is 1.94 bits per heavy atom. The predicted octanol–water partition coefficient (Wildman–Crippen LogP) is 7.88. The van der Waals surface area contributed by atoms with Gasteiger partial charge in [0.05, 0.1) is 0 Å².